The highest BCUT2D eigenvalue weighted by Crippen LogP contribution is 2.27. The number of aryl methyl sites for hydroxylation is 1. The molecule has 1 rings (SSSR count). The maximum absolute atomic E-state index is 10.5. The molecule has 0 spiro atoms. The van der Waals surface area contributed by atoms with Crippen LogP contribution in [0, 0.1) is 6.92 Å². The van der Waals surface area contributed by atoms with Crippen LogP contribution in [0.1, 0.15) is 23.8 Å². The van der Waals surface area contributed by atoms with E-state index in [1.54, 1.807) is 6.92 Å². The molecule has 72 valence electrons. The maximum Gasteiger partial charge on any atom is 0.305 e. The van der Waals surface area contributed by atoms with E-state index in [1.807, 2.05) is 18.4 Å². The van der Waals surface area contributed by atoms with Crippen molar-refractivity contribution in [2.75, 3.05) is 0 Å². The molecule has 13 heavy (non-hydrogen) atoms. The van der Waals surface area contributed by atoms with Crippen molar-refractivity contribution in [2.45, 2.75) is 25.8 Å². The predicted molar refractivity (Wildman–Crippen MR) is 52.8 cm³/mol. The van der Waals surface area contributed by atoms with Crippen LogP contribution in [0.5, 0.6) is 0 Å². The highest BCUT2D eigenvalue weighted by molar-refractivity contribution is 7.10. The second kappa shape index (κ2) is 3.47. The van der Waals surface area contributed by atoms with Crippen LogP contribution in [0.2, 0.25) is 0 Å². The molecule has 4 heteroatoms. The molecule has 0 saturated carbocycles. The first-order valence-corrected chi connectivity index (χ1v) is 4.86. The van der Waals surface area contributed by atoms with Crippen molar-refractivity contribution >= 4 is 17.3 Å². The summed E-state index contributed by atoms with van der Waals surface area (Å²) in [5.74, 6) is -0.865. The Labute approximate surface area is 81.2 Å². The number of carboxylic acid groups (broad SMARTS) is 1. The lowest BCUT2D eigenvalue weighted by atomic mass is 9.97. The molecule has 0 fully saturated rings. The number of nitrogens with two attached hydrogens (primary N) is 1. The van der Waals surface area contributed by atoms with Crippen molar-refractivity contribution in [3.05, 3.63) is 21.9 Å². The Morgan fingerprint density at radius 1 is 1.77 bits per heavy atom. The van der Waals surface area contributed by atoms with Gasteiger partial charge in [0.2, 0.25) is 0 Å². The summed E-state index contributed by atoms with van der Waals surface area (Å²) in [6.45, 7) is 3.71. The molecule has 1 heterocycles. The van der Waals surface area contributed by atoms with Crippen molar-refractivity contribution in [3.8, 4) is 0 Å². The van der Waals surface area contributed by atoms with E-state index < -0.39 is 11.5 Å². The quantitative estimate of drug-likeness (QED) is 0.778. The number of carbonyl (C=O) groups is 1. The van der Waals surface area contributed by atoms with Crippen molar-refractivity contribution in [3.63, 3.8) is 0 Å². The summed E-state index contributed by atoms with van der Waals surface area (Å²) in [5.41, 5.74) is 6.26. The Balaban J connectivity index is 2.86. The smallest absolute Gasteiger partial charge is 0.305 e. The summed E-state index contributed by atoms with van der Waals surface area (Å²) in [6, 6.07) is 1.94. The zero-order valence-corrected chi connectivity index (χ0v) is 8.52. The fourth-order valence-corrected chi connectivity index (χ4v) is 2.11. The Hall–Kier alpha value is -0.870. The Kier molecular flexibility index (Phi) is 2.73. The van der Waals surface area contributed by atoms with Crippen LogP contribution in [0.3, 0.4) is 0 Å². The summed E-state index contributed by atoms with van der Waals surface area (Å²) in [4.78, 5) is 11.4. The number of hydrogen-bond donors (Lipinski definition) is 2. The Morgan fingerprint density at radius 3 is 2.77 bits per heavy atom. The molecule has 1 aromatic rings. The molecule has 3 N–H and O–H groups in total. The number of aliphatic carboxylic acids is 1. The summed E-state index contributed by atoms with van der Waals surface area (Å²) in [6.07, 6.45) is -0.0348. The van der Waals surface area contributed by atoms with E-state index in [4.69, 9.17) is 10.8 Å². The summed E-state index contributed by atoms with van der Waals surface area (Å²) >= 11 is 1.51. The van der Waals surface area contributed by atoms with E-state index in [1.165, 1.54) is 11.3 Å². The third-order valence-corrected chi connectivity index (χ3v) is 3.14. The van der Waals surface area contributed by atoms with E-state index in [-0.39, 0.29) is 6.42 Å². The number of thiophene rings is 1. The number of hydrogen-bond acceptors (Lipinski definition) is 3. The molecule has 1 aromatic heterocycles. The zero-order chi connectivity index (χ0) is 10.1. The first kappa shape index (κ1) is 10.2. The van der Waals surface area contributed by atoms with E-state index in [9.17, 15) is 4.79 Å². The van der Waals surface area contributed by atoms with Gasteiger partial charge in [0.05, 0.1) is 12.0 Å². The van der Waals surface area contributed by atoms with Gasteiger partial charge < -0.3 is 10.8 Å². The van der Waals surface area contributed by atoms with Crippen LogP contribution >= 0.6 is 11.3 Å². The predicted octanol–water partition coefficient (Wildman–Crippen LogP) is 1.71. The second-order valence-corrected chi connectivity index (χ2v) is 4.39. The fraction of sp³-hybridized carbons (Fsp3) is 0.444. The zero-order valence-electron chi connectivity index (χ0n) is 7.70. The highest BCUT2D eigenvalue weighted by atomic mass is 32.1. The minimum Gasteiger partial charge on any atom is -0.481 e. The van der Waals surface area contributed by atoms with E-state index in [0.29, 0.717) is 0 Å². The van der Waals surface area contributed by atoms with E-state index in [0.717, 1.165) is 10.4 Å². The van der Waals surface area contributed by atoms with Gasteiger partial charge in [-0.1, -0.05) is 0 Å². The van der Waals surface area contributed by atoms with Crippen LogP contribution in [0.15, 0.2) is 11.4 Å². The summed E-state index contributed by atoms with van der Waals surface area (Å²) in [7, 11) is 0. The van der Waals surface area contributed by atoms with Crippen LogP contribution in [-0.4, -0.2) is 11.1 Å². The third-order valence-electron chi connectivity index (χ3n) is 1.81. The number of rotatable bonds is 3. The number of carboxylic acids is 1. The van der Waals surface area contributed by atoms with Crippen molar-refractivity contribution in [1.82, 2.24) is 0 Å². The van der Waals surface area contributed by atoms with Gasteiger partial charge in [-0.15, -0.1) is 11.3 Å². The first-order valence-electron chi connectivity index (χ1n) is 3.98. The molecule has 0 saturated heterocycles. The van der Waals surface area contributed by atoms with Crippen LogP contribution in [0.25, 0.3) is 0 Å². The topological polar surface area (TPSA) is 63.3 Å². The Morgan fingerprint density at radius 2 is 2.38 bits per heavy atom. The average molecular weight is 199 g/mol. The average Bonchev–Trinajstić information content (AvgIpc) is 2.32. The molecule has 0 amide bonds. The van der Waals surface area contributed by atoms with E-state index >= 15 is 0 Å². The molecular formula is C9H13NO2S. The second-order valence-electron chi connectivity index (χ2n) is 3.48. The Bertz CT molecular complexity index is 317. The van der Waals surface area contributed by atoms with Gasteiger partial charge in [0.15, 0.2) is 0 Å². The van der Waals surface area contributed by atoms with Gasteiger partial charge in [-0.3, -0.25) is 4.79 Å². The first-order chi connectivity index (χ1) is 5.92. The molecule has 0 bridgehead atoms. The molecule has 0 unspecified atom stereocenters. The lowest BCUT2D eigenvalue weighted by molar-refractivity contribution is -0.138. The van der Waals surface area contributed by atoms with Gasteiger partial charge in [0.1, 0.15) is 0 Å². The van der Waals surface area contributed by atoms with Crippen LogP contribution in [-0.2, 0) is 10.3 Å². The molecule has 0 aliphatic carbocycles. The maximum atomic E-state index is 10.5. The van der Waals surface area contributed by atoms with Gasteiger partial charge in [-0.25, -0.2) is 0 Å². The third kappa shape index (κ3) is 2.54. The molecule has 0 aromatic carbocycles. The SMILES string of the molecule is Cc1csc([C@@](C)(N)CC(=O)O)c1. The standard InChI is InChI=1S/C9H13NO2S/c1-6-3-7(13-5-6)9(2,10)4-8(11)12/h3,5H,4,10H2,1-2H3,(H,11,12)/t9-/m0/s1. The molecule has 1 atom stereocenters. The molecule has 0 radical (unpaired) electrons. The minimum atomic E-state index is -0.865. The summed E-state index contributed by atoms with van der Waals surface area (Å²) in [5, 5.41) is 10.6. The van der Waals surface area contributed by atoms with Gasteiger partial charge >= 0.3 is 5.97 Å². The van der Waals surface area contributed by atoms with Gasteiger partial charge in [-0.05, 0) is 30.9 Å². The normalized spacial score (nSPS) is 15.3. The summed E-state index contributed by atoms with van der Waals surface area (Å²) < 4.78 is 0. The lowest BCUT2D eigenvalue weighted by Gasteiger charge is -2.20. The largest absolute Gasteiger partial charge is 0.481 e. The van der Waals surface area contributed by atoms with Gasteiger partial charge in [-0.2, -0.15) is 0 Å². The fourth-order valence-electron chi connectivity index (χ4n) is 1.13. The van der Waals surface area contributed by atoms with Crippen molar-refractivity contribution in [2.24, 2.45) is 5.73 Å². The van der Waals surface area contributed by atoms with Gasteiger partial charge in [0.25, 0.3) is 0 Å². The molecule has 3 nitrogen and oxygen atoms in total. The highest BCUT2D eigenvalue weighted by Gasteiger charge is 2.25. The van der Waals surface area contributed by atoms with Crippen molar-refractivity contribution < 1.29 is 9.90 Å². The molecule has 0 aliphatic rings. The van der Waals surface area contributed by atoms with Crippen LogP contribution in [0.4, 0.5) is 0 Å². The molecule has 0 aliphatic heterocycles. The minimum absolute atomic E-state index is 0.0348. The molecular weight excluding hydrogens is 186 g/mol. The lowest BCUT2D eigenvalue weighted by Crippen LogP contribution is -2.34. The van der Waals surface area contributed by atoms with Crippen LogP contribution < -0.4 is 5.73 Å². The van der Waals surface area contributed by atoms with Gasteiger partial charge in [0, 0.05) is 4.88 Å². The van der Waals surface area contributed by atoms with Crippen molar-refractivity contribution in [1.29, 1.82) is 0 Å². The van der Waals surface area contributed by atoms with E-state index in [2.05, 4.69) is 0 Å². The monoisotopic (exact) mass is 199 g/mol.